The van der Waals surface area contributed by atoms with E-state index in [9.17, 15) is 43.2 Å². The van der Waals surface area contributed by atoms with Crippen LogP contribution in [0.5, 0.6) is 0 Å². The third-order valence-electron chi connectivity index (χ3n) is 4.47. The Labute approximate surface area is 197 Å². The average Bonchev–Trinajstić information content (AvgIpc) is 3.15. The van der Waals surface area contributed by atoms with E-state index in [2.05, 4.69) is 30.6 Å². The lowest BCUT2D eigenvalue weighted by Gasteiger charge is -2.22. The van der Waals surface area contributed by atoms with Crippen LogP contribution in [0, 0.1) is 0 Å². The van der Waals surface area contributed by atoms with E-state index in [4.69, 9.17) is 0 Å². The predicted octanol–water partition coefficient (Wildman–Crippen LogP) is 5.86. The van der Waals surface area contributed by atoms with E-state index in [0.717, 1.165) is 10.7 Å². The molecule has 1 aromatic heterocycles. The second-order valence-corrected chi connectivity index (χ2v) is 10.8. The van der Waals surface area contributed by atoms with Crippen molar-refractivity contribution in [3.63, 3.8) is 0 Å². The molecule has 200 valence electrons. The van der Waals surface area contributed by atoms with Crippen LogP contribution in [0.15, 0.2) is 25.3 Å². The molecule has 0 aliphatic carbocycles. The Hall–Kier alpha value is -1.61. The molecule has 0 saturated heterocycles. The molecule has 0 aliphatic rings. The number of aromatic nitrogens is 2. The molecule has 0 atom stereocenters. The fraction of sp³-hybridized carbons (Fsp3) is 0.737. The fourth-order valence-corrected chi connectivity index (χ4v) is 4.36. The maximum Gasteiger partial charge on any atom is 0.480 e. The van der Waals surface area contributed by atoms with Gasteiger partial charge in [0.1, 0.15) is 12.4 Å². The van der Waals surface area contributed by atoms with Gasteiger partial charge in [0.25, 0.3) is 0 Å². The summed E-state index contributed by atoms with van der Waals surface area (Å²) >= 11 is 0. The van der Waals surface area contributed by atoms with Crippen molar-refractivity contribution in [2.75, 3.05) is 0 Å². The number of unbranched alkanes of at least 4 members (excludes halogenated alkanes) is 9. The highest BCUT2D eigenvalue weighted by Gasteiger charge is 2.46. The van der Waals surface area contributed by atoms with Crippen LogP contribution in [0.25, 0.3) is 10.3 Å². The molecule has 34 heavy (non-hydrogen) atoms. The van der Waals surface area contributed by atoms with Crippen molar-refractivity contribution in [1.82, 2.24) is 4.57 Å². The fourth-order valence-electron chi connectivity index (χ4n) is 2.65. The van der Waals surface area contributed by atoms with Crippen molar-refractivity contribution in [3.05, 3.63) is 29.4 Å². The number of aryl methyl sites for hydroxylation is 1. The molecule has 1 aromatic rings. The maximum atomic E-state index is 11.4. The van der Waals surface area contributed by atoms with Crippen LogP contribution in [0.3, 0.4) is 0 Å². The third kappa shape index (κ3) is 12.7. The maximum absolute atomic E-state index is 11.4. The van der Waals surface area contributed by atoms with Gasteiger partial charge in [0.05, 0.1) is 12.7 Å². The molecular formula is C19H31F6N3O4S2. The number of sulfonamides is 2. The first-order chi connectivity index (χ1) is 15.6. The van der Waals surface area contributed by atoms with Gasteiger partial charge in [-0.05, 0) is 12.8 Å². The molecule has 0 amide bonds. The van der Waals surface area contributed by atoms with Crippen molar-refractivity contribution < 1.29 is 47.7 Å². The van der Waals surface area contributed by atoms with Gasteiger partial charge in [-0.1, -0.05) is 64.9 Å². The summed E-state index contributed by atoms with van der Waals surface area (Å²) in [4.78, 5) is 0. The zero-order chi connectivity index (χ0) is 26.5. The molecule has 1 rings (SSSR count). The van der Waals surface area contributed by atoms with E-state index >= 15 is 0 Å². The summed E-state index contributed by atoms with van der Waals surface area (Å²) in [5.74, 6) is 0. The van der Waals surface area contributed by atoms with Crippen molar-refractivity contribution in [2.45, 2.75) is 88.7 Å². The minimum absolute atomic E-state index is 0.778. The molecule has 0 radical (unpaired) electrons. The SMILES string of the molecule is C=Cn1cc[n+](CCCCCCCCCCCC)c1.O=S(=O)([N-]S(=O)(=O)C(F)(F)F)C(F)(F)F. The molecule has 0 saturated carbocycles. The number of hydrogen-bond acceptors (Lipinski definition) is 4. The highest BCUT2D eigenvalue weighted by atomic mass is 32.3. The van der Waals surface area contributed by atoms with E-state index in [1.54, 1.807) is 0 Å². The zero-order valence-electron chi connectivity index (χ0n) is 18.9. The normalized spacial score (nSPS) is 12.8. The molecule has 0 spiro atoms. The van der Waals surface area contributed by atoms with Crippen molar-refractivity contribution in [1.29, 1.82) is 0 Å². The molecule has 0 aliphatic heterocycles. The minimum Gasteiger partial charge on any atom is -0.421 e. The van der Waals surface area contributed by atoms with Crippen LogP contribution >= 0.6 is 0 Å². The number of alkyl halides is 6. The molecular weight excluding hydrogens is 512 g/mol. The smallest absolute Gasteiger partial charge is 0.421 e. The van der Waals surface area contributed by atoms with Gasteiger partial charge in [0, 0.05) is 0 Å². The number of hydrogen-bond donors (Lipinski definition) is 0. The Bertz CT molecular complexity index is 885. The minimum atomic E-state index is -6.72. The molecule has 1 heterocycles. The monoisotopic (exact) mass is 543 g/mol. The Balaban J connectivity index is 0.000000661. The molecule has 0 N–H and O–H groups in total. The summed E-state index contributed by atoms with van der Waals surface area (Å²) in [5, 5.41) is 0. The van der Waals surface area contributed by atoms with Crippen molar-refractivity contribution in [2.24, 2.45) is 0 Å². The molecule has 0 unspecified atom stereocenters. The molecule has 15 heteroatoms. The van der Waals surface area contributed by atoms with Gasteiger partial charge in [-0.15, -0.1) is 0 Å². The predicted molar refractivity (Wildman–Crippen MR) is 116 cm³/mol. The number of rotatable bonds is 14. The standard InChI is InChI=1S/C17H31N2.C2F6NO4S2/c1-3-5-6-7-8-9-10-11-12-13-14-19-16-15-18(4-2)17-19;3-1(4,5)14(10,11)9-15(12,13)2(6,7)8/h4,15-17H,2-3,5-14H2,1H3;/q+1;-1. The van der Waals surface area contributed by atoms with Crippen LogP contribution in [-0.4, -0.2) is 32.4 Å². The second kappa shape index (κ2) is 14.7. The molecule has 7 nitrogen and oxygen atoms in total. The Kier molecular flexibility index (Phi) is 14.0. The van der Waals surface area contributed by atoms with Crippen LogP contribution in [0.4, 0.5) is 26.3 Å². The molecule has 0 aromatic carbocycles. The van der Waals surface area contributed by atoms with Crippen molar-refractivity contribution in [3.8, 4) is 0 Å². The average molecular weight is 544 g/mol. The van der Waals surface area contributed by atoms with Crippen LogP contribution < -0.4 is 4.57 Å². The largest absolute Gasteiger partial charge is 0.480 e. The van der Waals surface area contributed by atoms with Crippen LogP contribution in [-0.2, 0) is 26.6 Å². The lowest BCUT2D eigenvalue weighted by molar-refractivity contribution is -0.696. The van der Waals surface area contributed by atoms with Gasteiger partial charge in [0.15, 0.2) is 20.0 Å². The Morgan fingerprint density at radius 3 is 1.59 bits per heavy atom. The first-order valence-corrected chi connectivity index (χ1v) is 13.5. The topological polar surface area (TPSA) is 91.2 Å². The lowest BCUT2D eigenvalue weighted by Crippen LogP contribution is -2.30. The lowest BCUT2D eigenvalue weighted by atomic mass is 10.1. The first kappa shape index (κ1) is 32.4. The van der Waals surface area contributed by atoms with E-state index in [0.29, 0.717) is 0 Å². The van der Waals surface area contributed by atoms with E-state index in [-0.39, 0.29) is 0 Å². The summed E-state index contributed by atoms with van der Waals surface area (Å²) in [6.07, 6.45) is 22.1. The van der Waals surface area contributed by atoms with E-state index < -0.39 is 31.1 Å². The second-order valence-electron chi connectivity index (χ2n) is 7.38. The van der Waals surface area contributed by atoms with Gasteiger partial charge >= 0.3 is 11.0 Å². The quantitative estimate of drug-likeness (QED) is 0.167. The number of imidazole rings is 1. The van der Waals surface area contributed by atoms with Gasteiger partial charge < -0.3 is 4.13 Å². The molecule has 0 fully saturated rings. The van der Waals surface area contributed by atoms with Crippen LogP contribution in [0.1, 0.15) is 71.1 Å². The highest BCUT2D eigenvalue weighted by Crippen LogP contribution is 2.36. The number of halogens is 6. The summed E-state index contributed by atoms with van der Waals surface area (Å²) in [5.41, 5.74) is -12.4. The van der Waals surface area contributed by atoms with Crippen LogP contribution in [0.2, 0.25) is 0 Å². The summed E-state index contributed by atoms with van der Waals surface area (Å²) in [7, 11) is -13.4. The van der Waals surface area contributed by atoms with Gasteiger partial charge in [-0.3, -0.25) is 0 Å². The Morgan fingerprint density at radius 2 is 1.24 bits per heavy atom. The Morgan fingerprint density at radius 1 is 0.824 bits per heavy atom. The molecule has 0 bridgehead atoms. The van der Waals surface area contributed by atoms with E-state index in [1.165, 1.54) is 64.2 Å². The summed E-state index contributed by atoms with van der Waals surface area (Å²) in [6, 6.07) is 0. The summed E-state index contributed by atoms with van der Waals surface area (Å²) in [6.45, 7) is 7.17. The third-order valence-corrected chi connectivity index (χ3v) is 7.21. The zero-order valence-corrected chi connectivity index (χ0v) is 20.5. The first-order valence-electron chi connectivity index (χ1n) is 10.6. The summed E-state index contributed by atoms with van der Waals surface area (Å²) < 4.78 is 113. The highest BCUT2D eigenvalue weighted by molar-refractivity contribution is 8.13. The van der Waals surface area contributed by atoms with Crippen molar-refractivity contribution >= 4 is 26.2 Å². The van der Waals surface area contributed by atoms with E-state index in [1.807, 2.05) is 17.0 Å². The van der Waals surface area contributed by atoms with Gasteiger partial charge in [0.2, 0.25) is 6.33 Å². The van der Waals surface area contributed by atoms with Gasteiger partial charge in [-0.2, -0.15) is 26.3 Å². The van der Waals surface area contributed by atoms with Gasteiger partial charge in [-0.25, -0.2) is 26.0 Å². The number of nitrogens with zero attached hydrogens (tertiary/aromatic N) is 3.